The Morgan fingerprint density at radius 1 is 1.12 bits per heavy atom. The zero-order valence-electron chi connectivity index (χ0n) is 14.4. The van der Waals surface area contributed by atoms with Crippen molar-refractivity contribution in [3.63, 3.8) is 0 Å². The summed E-state index contributed by atoms with van der Waals surface area (Å²) in [7, 11) is 1.70. The van der Waals surface area contributed by atoms with E-state index in [4.69, 9.17) is 4.74 Å². The fourth-order valence-electron chi connectivity index (χ4n) is 3.77. The molecule has 0 amide bonds. The highest BCUT2D eigenvalue weighted by atomic mass is 127. The van der Waals surface area contributed by atoms with Gasteiger partial charge in [-0.05, 0) is 37.6 Å². The van der Waals surface area contributed by atoms with Crippen LogP contribution in [0, 0.1) is 0 Å². The van der Waals surface area contributed by atoms with Gasteiger partial charge in [-0.3, -0.25) is 4.48 Å². The quantitative estimate of drug-likeness (QED) is 0.525. The molecule has 0 bridgehead atoms. The third kappa shape index (κ3) is 2.89. The Hall–Kier alpha value is -1.31. The summed E-state index contributed by atoms with van der Waals surface area (Å²) in [6, 6.07) is 14.6. The molecule has 130 valence electrons. The van der Waals surface area contributed by atoms with Gasteiger partial charge >= 0.3 is 0 Å². The van der Waals surface area contributed by atoms with Gasteiger partial charge in [-0.25, -0.2) is 0 Å². The molecule has 4 nitrogen and oxygen atoms in total. The predicted octanol–water partition coefficient (Wildman–Crippen LogP) is 0.457. The third-order valence-corrected chi connectivity index (χ3v) is 5.11. The van der Waals surface area contributed by atoms with Gasteiger partial charge < -0.3 is 39.1 Å². The van der Waals surface area contributed by atoms with E-state index in [1.54, 1.807) is 7.11 Å². The van der Waals surface area contributed by atoms with Crippen molar-refractivity contribution in [1.82, 2.24) is 4.48 Å². The summed E-state index contributed by atoms with van der Waals surface area (Å²) >= 11 is 0. The first-order valence-electron chi connectivity index (χ1n) is 8.22. The van der Waals surface area contributed by atoms with Crippen molar-refractivity contribution in [1.29, 1.82) is 0 Å². The lowest BCUT2D eigenvalue weighted by atomic mass is 10.0. The normalized spacial score (nSPS) is 17.6. The molecule has 1 atom stereocenters. The Kier molecular flexibility index (Phi) is 6.11. The van der Waals surface area contributed by atoms with E-state index in [1.165, 1.54) is 5.69 Å². The molecular weight excluding hydrogens is 415 g/mol. The molecule has 0 saturated heterocycles. The number of benzene rings is 2. The van der Waals surface area contributed by atoms with Gasteiger partial charge in [-0.1, -0.05) is 18.2 Å². The summed E-state index contributed by atoms with van der Waals surface area (Å²) < 4.78 is 6.26. The molecule has 0 aliphatic carbocycles. The molecule has 5 heteroatoms. The Morgan fingerprint density at radius 3 is 2.46 bits per heavy atom. The minimum Gasteiger partial charge on any atom is -1.00 e. The fourth-order valence-corrected chi connectivity index (χ4v) is 3.77. The maximum Gasteiger partial charge on any atom is 0.190 e. The van der Waals surface area contributed by atoms with E-state index in [-0.39, 0.29) is 36.7 Å². The van der Waals surface area contributed by atoms with E-state index in [0.29, 0.717) is 0 Å². The average molecular weight is 440 g/mol. The highest BCUT2D eigenvalue weighted by Crippen LogP contribution is 2.43. The lowest BCUT2D eigenvalue weighted by Gasteiger charge is -2.36. The molecule has 1 heterocycles. The van der Waals surface area contributed by atoms with Crippen LogP contribution in [0.3, 0.4) is 0 Å². The number of ether oxygens (including phenoxy) is 1. The molecule has 2 aromatic carbocycles. The number of nitrogens with zero attached hydrogens (tertiary/aromatic N) is 1. The van der Waals surface area contributed by atoms with Crippen LogP contribution in [0.5, 0.6) is 5.75 Å². The van der Waals surface area contributed by atoms with E-state index >= 15 is 0 Å². The molecule has 0 radical (unpaired) electrons. The van der Waals surface area contributed by atoms with Crippen molar-refractivity contribution >= 4 is 11.4 Å². The van der Waals surface area contributed by atoms with Crippen molar-refractivity contribution in [3.05, 3.63) is 42.5 Å². The number of para-hydroxylation sites is 1. The summed E-state index contributed by atoms with van der Waals surface area (Å²) in [5.74, 6) is 0.871. The van der Waals surface area contributed by atoms with Crippen molar-refractivity contribution < 1.29 is 33.8 Å². The highest BCUT2D eigenvalue weighted by Gasteiger charge is 2.43. The summed E-state index contributed by atoms with van der Waals surface area (Å²) in [5.41, 5.74) is 4.57. The van der Waals surface area contributed by atoms with E-state index in [2.05, 4.69) is 43.4 Å². The number of hydrogen-bond acceptors (Lipinski definition) is 3. The van der Waals surface area contributed by atoms with Crippen LogP contribution >= 0.6 is 0 Å². The largest absolute Gasteiger partial charge is 1.00 e. The topological polar surface area (TPSA) is 41.5 Å². The summed E-state index contributed by atoms with van der Waals surface area (Å²) in [6.45, 7) is 6.39. The van der Waals surface area contributed by atoms with Crippen molar-refractivity contribution in [3.8, 4) is 16.9 Å². The Labute approximate surface area is 161 Å². The van der Waals surface area contributed by atoms with E-state index < -0.39 is 0 Å². The molecule has 2 N–H and O–H groups in total. The maximum atomic E-state index is 9.81. The second-order valence-electron chi connectivity index (χ2n) is 5.94. The van der Waals surface area contributed by atoms with Crippen LogP contribution in [0.1, 0.15) is 13.8 Å². The molecule has 3 rings (SSSR count). The van der Waals surface area contributed by atoms with Crippen LogP contribution < -0.4 is 38.5 Å². The monoisotopic (exact) mass is 440 g/mol. The van der Waals surface area contributed by atoms with Crippen LogP contribution in [0.4, 0.5) is 11.4 Å². The SMILES string of the molecule is CC[N+]1(CC)c2ccc(-c3ccccc3OC)cc2NC1CO.[I-]. The molecule has 24 heavy (non-hydrogen) atoms. The zero-order valence-corrected chi connectivity index (χ0v) is 16.6. The number of methoxy groups -OCH3 is 1. The van der Waals surface area contributed by atoms with Crippen LogP contribution in [-0.4, -0.2) is 38.1 Å². The van der Waals surface area contributed by atoms with Crippen LogP contribution in [-0.2, 0) is 0 Å². The number of hydrogen-bond donors (Lipinski definition) is 2. The molecule has 2 aromatic rings. The Bertz CT molecular complexity index is 702. The third-order valence-electron chi connectivity index (χ3n) is 5.11. The molecular formula is C19H25IN2O2. The van der Waals surface area contributed by atoms with Gasteiger partial charge in [0.15, 0.2) is 11.9 Å². The number of rotatable bonds is 5. The summed E-state index contributed by atoms with van der Waals surface area (Å²) in [5, 5.41) is 13.3. The van der Waals surface area contributed by atoms with E-state index in [0.717, 1.165) is 40.1 Å². The van der Waals surface area contributed by atoms with Gasteiger partial charge in [0.2, 0.25) is 0 Å². The number of aliphatic hydroxyl groups is 1. The number of quaternary nitrogens is 1. The molecule has 1 aliphatic rings. The fraction of sp³-hybridized carbons (Fsp3) is 0.368. The first-order valence-corrected chi connectivity index (χ1v) is 8.22. The number of halogens is 1. The molecule has 0 aromatic heterocycles. The lowest BCUT2D eigenvalue weighted by molar-refractivity contribution is -0.00000605. The lowest BCUT2D eigenvalue weighted by Crippen LogP contribution is -3.00. The minimum atomic E-state index is 0. The number of anilines is 1. The summed E-state index contributed by atoms with van der Waals surface area (Å²) in [4.78, 5) is 0. The van der Waals surface area contributed by atoms with Crippen molar-refractivity contribution in [2.24, 2.45) is 0 Å². The van der Waals surface area contributed by atoms with Crippen molar-refractivity contribution in [2.45, 2.75) is 20.0 Å². The molecule has 0 saturated carbocycles. The first-order chi connectivity index (χ1) is 11.2. The number of aliphatic hydroxyl groups excluding tert-OH is 1. The van der Waals surface area contributed by atoms with Gasteiger partial charge in [-0.2, -0.15) is 0 Å². The van der Waals surface area contributed by atoms with Gasteiger partial charge in [0.05, 0.1) is 20.2 Å². The predicted molar refractivity (Wildman–Crippen MR) is 95.8 cm³/mol. The number of fused-ring (bicyclic) bond motifs is 1. The molecule has 0 fully saturated rings. The van der Waals surface area contributed by atoms with Crippen molar-refractivity contribution in [2.75, 3.05) is 32.1 Å². The smallest absolute Gasteiger partial charge is 0.190 e. The van der Waals surface area contributed by atoms with E-state index in [1.807, 2.05) is 18.2 Å². The highest BCUT2D eigenvalue weighted by molar-refractivity contribution is 5.82. The maximum absolute atomic E-state index is 9.81. The van der Waals surface area contributed by atoms with Crippen LogP contribution in [0.25, 0.3) is 11.1 Å². The minimum absolute atomic E-state index is 0. The second-order valence-corrected chi connectivity index (χ2v) is 5.94. The Morgan fingerprint density at radius 2 is 1.83 bits per heavy atom. The summed E-state index contributed by atoms with van der Waals surface area (Å²) in [6.07, 6.45) is 0.0212. The second kappa shape index (κ2) is 7.72. The molecule has 1 aliphatic heterocycles. The first kappa shape index (κ1) is 19.0. The van der Waals surface area contributed by atoms with Gasteiger partial charge in [-0.15, -0.1) is 0 Å². The molecule has 1 unspecified atom stereocenters. The van der Waals surface area contributed by atoms with Crippen LogP contribution in [0.2, 0.25) is 0 Å². The Balaban J connectivity index is 0.00000208. The average Bonchev–Trinajstić information content (AvgIpc) is 2.94. The van der Waals surface area contributed by atoms with Gasteiger partial charge in [0.25, 0.3) is 0 Å². The van der Waals surface area contributed by atoms with E-state index in [9.17, 15) is 5.11 Å². The number of likely N-dealkylation sites (N-methyl/N-ethyl adjacent to an activating group) is 1. The van der Waals surface area contributed by atoms with Gasteiger partial charge in [0.1, 0.15) is 18.0 Å². The number of nitrogens with one attached hydrogen (secondary N) is 1. The van der Waals surface area contributed by atoms with Crippen LogP contribution in [0.15, 0.2) is 42.5 Å². The molecule has 0 spiro atoms. The zero-order chi connectivity index (χ0) is 16.4. The van der Waals surface area contributed by atoms with Gasteiger partial charge in [0, 0.05) is 11.6 Å². The standard InChI is InChI=1S/C19H25N2O2.HI/c1-4-21(5-2)17-11-10-14(12-16(17)20-19(21)13-22)15-8-6-7-9-18(15)23-3;/h6-12,19-20,22H,4-5,13H2,1-3H3;1H/q+1;/p-1.